The van der Waals surface area contributed by atoms with E-state index in [4.69, 9.17) is 11.6 Å². The Morgan fingerprint density at radius 2 is 1.56 bits per heavy atom. The maximum atomic E-state index is 13.2. The van der Waals surface area contributed by atoms with E-state index in [1.807, 2.05) is 20.8 Å². The molecule has 9 heteroatoms. The quantitative estimate of drug-likeness (QED) is 0.598. The number of hydrogen-bond donors (Lipinski definition) is 1. The lowest BCUT2D eigenvalue weighted by Crippen LogP contribution is -2.51. The van der Waals surface area contributed by atoms with Crippen molar-refractivity contribution in [3.63, 3.8) is 0 Å². The highest BCUT2D eigenvalue weighted by atomic mass is 35.5. The summed E-state index contributed by atoms with van der Waals surface area (Å²) in [6.07, 6.45) is 0. The molecule has 1 N–H and O–H groups in total. The zero-order valence-corrected chi connectivity index (χ0v) is 20.6. The fourth-order valence-corrected chi connectivity index (χ4v) is 4.28. The summed E-state index contributed by atoms with van der Waals surface area (Å²) in [7, 11) is -2.51. The van der Waals surface area contributed by atoms with Gasteiger partial charge in [-0.15, -0.1) is 0 Å². The molecule has 174 valence electrons. The van der Waals surface area contributed by atoms with Gasteiger partial charge in [0.1, 0.15) is 6.04 Å². The maximum Gasteiger partial charge on any atom is 0.243 e. The number of benzene rings is 2. The standard InChI is InChI=1S/C23H30ClN3O4S/c1-16(2)25-23(29)18(4)27(14-19-8-10-20(24)11-9-19)22(28)15-26(5)32(30,31)21-12-6-17(3)7-13-21/h6-13,16,18H,14-15H2,1-5H3,(H,25,29)/t18-/m1/s1. The summed E-state index contributed by atoms with van der Waals surface area (Å²) in [4.78, 5) is 27.3. The third-order valence-electron chi connectivity index (χ3n) is 4.95. The Hall–Kier alpha value is -2.42. The van der Waals surface area contributed by atoms with Crippen LogP contribution in [0, 0.1) is 6.92 Å². The highest BCUT2D eigenvalue weighted by Gasteiger charge is 2.30. The van der Waals surface area contributed by atoms with Crippen LogP contribution in [0.4, 0.5) is 0 Å². The number of carbonyl (C=O) groups is 2. The minimum atomic E-state index is -3.86. The number of halogens is 1. The van der Waals surface area contributed by atoms with Crippen LogP contribution in [0.15, 0.2) is 53.4 Å². The second kappa shape index (κ2) is 10.9. The Morgan fingerprint density at radius 3 is 2.09 bits per heavy atom. The van der Waals surface area contributed by atoms with Crippen LogP contribution in [-0.2, 0) is 26.2 Å². The van der Waals surface area contributed by atoms with Crippen molar-refractivity contribution < 1.29 is 18.0 Å². The first-order valence-corrected chi connectivity index (χ1v) is 12.1. The second-order valence-electron chi connectivity index (χ2n) is 8.06. The summed E-state index contributed by atoms with van der Waals surface area (Å²) < 4.78 is 26.8. The lowest BCUT2D eigenvalue weighted by Gasteiger charge is -2.30. The Balaban J connectivity index is 2.26. The normalized spacial score (nSPS) is 12.6. The second-order valence-corrected chi connectivity index (χ2v) is 10.5. The SMILES string of the molecule is Cc1ccc(S(=O)(=O)N(C)CC(=O)N(Cc2ccc(Cl)cc2)[C@H](C)C(=O)NC(C)C)cc1. The molecule has 2 rings (SSSR count). The first-order valence-electron chi connectivity index (χ1n) is 10.3. The molecule has 32 heavy (non-hydrogen) atoms. The summed E-state index contributed by atoms with van der Waals surface area (Å²) in [6, 6.07) is 12.5. The third kappa shape index (κ3) is 6.79. The van der Waals surface area contributed by atoms with Crippen LogP contribution in [-0.4, -0.2) is 55.1 Å². The van der Waals surface area contributed by atoms with Crippen LogP contribution in [0.1, 0.15) is 31.9 Å². The van der Waals surface area contributed by atoms with Crippen molar-refractivity contribution >= 4 is 33.4 Å². The van der Waals surface area contributed by atoms with Crippen molar-refractivity contribution in [3.8, 4) is 0 Å². The van der Waals surface area contributed by atoms with E-state index in [2.05, 4.69) is 5.32 Å². The fourth-order valence-electron chi connectivity index (χ4n) is 3.03. The molecule has 0 aliphatic rings. The summed E-state index contributed by atoms with van der Waals surface area (Å²) in [6.45, 7) is 6.89. The molecule has 0 saturated carbocycles. The number of nitrogens with zero attached hydrogens (tertiary/aromatic N) is 2. The first-order chi connectivity index (χ1) is 14.9. The van der Waals surface area contributed by atoms with E-state index in [-0.39, 0.29) is 23.4 Å². The van der Waals surface area contributed by atoms with Gasteiger partial charge in [-0.1, -0.05) is 41.4 Å². The average molecular weight is 480 g/mol. The number of carbonyl (C=O) groups excluding carboxylic acids is 2. The van der Waals surface area contributed by atoms with Crippen molar-refractivity contribution in [1.82, 2.24) is 14.5 Å². The fraction of sp³-hybridized carbons (Fsp3) is 0.391. The molecule has 0 aromatic heterocycles. The van der Waals surface area contributed by atoms with Gasteiger partial charge in [0.15, 0.2) is 0 Å². The van der Waals surface area contributed by atoms with Crippen LogP contribution in [0.2, 0.25) is 5.02 Å². The van der Waals surface area contributed by atoms with Gasteiger partial charge in [0.05, 0.1) is 11.4 Å². The number of rotatable bonds is 9. The molecule has 7 nitrogen and oxygen atoms in total. The molecule has 0 heterocycles. The number of aryl methyl sites for hydroxylation is 1. The number of nitrogens with one attached hydrogen (secondary N) is 1. The highest BCUT2D eigenvalue weighted by Crippen LogP contribution is 2.17. The van der Waals surface area contributed by atoms with Gasteiger partial charge in [-0.2, -0.15) is 4.31 Å². The van der Waals surface area contributed by atoms with E-state index in [1.54, 1.807) is 43.3 Å². The largest absolute Gasteiger partial charge is 0.352 e. The van der Waals surface area contributed by atoms with Gasteiger partial charge < -0.3 is 10.2 Å². The zero-order chi connectivity index (χ0) is 24.1. The molecule has 0 fully saturated rings. The van der Waals surface area contributed by atoms with E-state index >= 15 is 0 Å². The minimum absolute atomic E-state index is 0.0953. The van der Waals surface area contributed by atoms with Crippen molar-refractivity contribution in [2.24, 2.45) is 0 Å². The molecule has 0 aliphatic carbocycles. The Labute approximate surface area is 195 Å². The molecular weight excluding hydrogens is 450 g/mol. The van der Waals surface area contributed by atoms with Gasteiger partial charge in [-0.05, 0) is 57.5 Å². The smallest absolute Gasteiger partial charge is 0.243 e. The van der Waals surface area contributed by atoms with E-state index in [9.17, 15) is 18.0 Å². The zero-order valence-electron chi connectivity index (χ0n) is 19.0. The molecule has 0 aliphatic heterocycles. The molecule has 0 spiro atoms. The van der Waals surface area contributed by atoms with Gasteiger partial charge in [0.2, 0.25) is 21.8 Å². The molecule has 2 aromatic rings. The maximum absolute atomic E-state index is 13.2. The number of likely N-dealkylation sites (N-methyl/N-ethyl adjacent to an activating group) is 1. The van der Waals surface area contributed by atoms with E-state index in [1.165, 1.54) is 24.1 Å². The van der Waals surface area contributed by atoms with Crippen molar-refractivity contribution in [1.29, 1.82) is 0 Å². The molecule has 0 unspecified atom stereocenters. The number of hydrogen-bond acceptors (Lipinski definition) is 4. The third-order valence-corrected chi connectivity index (χ3v) is 7.02. The summed E-state index contributed by atoms with van der Waals surface area (Å²) in [5, 5.41) is 3.36. The van der Waals surface area contributed by atoms with E-state index in [0.29, 0.717) is 5.02 Å². The lowest BCUT2D eigenvalue weighted by atomic mass is 10.1. The molecular formula is C23H30ClN3O4S. The molecule has 0 radical (unpaired) electrons. The molecule has 0 saturated heterocycles. The van der Waals surface area contributed by atoms with E-state index in [0.717, 1.165) is 15.4 Å². The number of amides is 2. The Bertz CT molecular complexity index is 1040. The van der Waals surface area contributed by atoms with Gasteiger partial charge in [0.25, 0.3) is 0 Å². The van der Waals surface area contributed by atoms with Crippen molar-refractivity contribution in [2.75, 3.05) is 13.6 Å². The Morgan fingerprint density at radius 1 is 1.00 bits per heavy atom. The highest BCUT2D eigenvalue weighted by molar-refractivity contribution is 7.89. The van der Waals surface area contributed by atoms with E-state index < -0.39 is 28.5 Å². The lowest BCUT2D eigenvalue weighted by molar-refractivity contribution is -0.140. The van der Waals surface area contributed by atoms with Crippen LogP contribution in [0.5, 0.6) is 0 Å². The predicted molar refractivity (Wildman–Crippen MR) is 126 cm³/mol. The predicted octanol–water partition coefficient (Wildman–Crippen LogP) is 3.21. The summed E-state index contributed by atoms with van der Waals surface area (Å²) in [5.74, 6) is -0.795. The average Bonchev–Trinajstić information content (AvgIpc) is 2.72. The van der Waals surface area contributed by atoms with Crippen molar-refractivity contribution in [3.05, 3.63) is 64.7 Å². The first kappa shape index (κ1) is 25.8. The van der Waals surface area contributed by atoms with Crippen LogP contribution < -0.4 is 5.32 Å². The molecule has 1 atom stereocenters. The molecule has 2 aromatic carbocycles. The summed E-state index contributed by atoms with van der Waals surface area (Å²) in [5.41, 5.74) is 1.71. The topological polar surface area (TPSA) is 86.8 Å². The van der Waals surface area contributed by atoms with Crippen LogP contribution in [0.25, 0.3) is 0 Å². The molecule has 2 amide bonds. The molecule has 0 bridgehead atoms. The Kier molecular flexibility index (Phi) is 8.83. The van der Waals surface area contributed by atoms with Gasteiger partial charge in [-0.3, -0.25) is 9.59 Å². The number of sulfonamides is 1. The minimum Gasteiger partial charge on any atom is -0.352 e. The van der Waals surface area contributed by atoms with Gasteiger partial charge >= 0.3 is 0 Å². The summed E-state index contributed by atoms with van der Waals surface area (Å²) >= 11 is 5.95. The van der Waals surface area contributed by atoms with Crippen molar-refractivity contribution in [2.45, 2.75) is 51.2 Å². The van der Waals surface area contributed by atoms with Gasteiger partial charge in [-0.25, -0.2) is 8.42 Å². The van der Waals surface area contributed by atoms with Crippen LogP contribution in [0.3, 0.4) is 0 Å². The van der Waals surface area contributed by atoms with Gasteiger partial charge in [0, 0.05) is 24.7 Å². The monoisotopic (exact) mass is 479 g/mol. The van der Waals surface area contributed by atoms with Crippen LogP contribution >= 0.6 is 11.6 Å².